The summed E-state index contributed by atoms with van der Waals surface area (Å²) in [6, 6.07) is 4.32. The standard InChI is InChI=1S/C12H15I3O2/c1-16-2-3-17-11-4-9(6-13)12(8-15)10(5-11)7-14/h4-5H,2-3,6-8H2,1H3. The van der Waals surface area contributed by atoms with Crippen molar-refractivity contribution in [3.8, 4) is 5.75 Å². The van der Waals surface area contributed by atoms with Crippen LogP contribution in [-0.4, -0.2) is 20.3 Å². The number of halogens is 3. The van der Waals surface area contributed by atoms with Crippen molar-refractivity contribution in [2.45, 2.75) is 13.3 Å². The van der Waals surface area contributed by atoms with Crippen molar-refractivity contribution in [1.82, 2.24) is 0 Å². The van der Waals surface area contributed by atoms with Gasteiger partial charge >= 0.3 is 0 Å². The van der Waals surface area contributed by atoms with E-state index in [1.807, 2.05) is 0 Å². The number of alkyl halides is 3. The van der Waals surface area contributed by atoms with Gasteiger partial charge in [0.05, 0.1) is 6.61 Å². The van der Waals surface area contributed by atoms with Crippen LogP contribution in [0, 0.1) is 0 Å². The molecular formula is C12H15I3O2. The summed E-state index contributed by atoms with van der Waals surface area (Å²) in [5.74, 6) is 0.967. The molecule has 17 heavy (non-hydrogen) atoms. The van der Waals surface area contributed by atoms with E-state index in [1.165, 1.54) is 16.7 Å². The molecule has 0 amide bonds. The van der Waals surface area contributed by atoms with Crippen LogP contribution in [0.1, 0.15) is 16.7 Å². The molecule has 1 aromatic carbocycles. The van der Waals surface area contributed by atoms with Gasteiger partial charge in [0, 0.05) is 20.4 Å². The molecule has 5 heteroatoms. The van der Waals surface area contributed by atoms with Crippen molar-refractivity contribution >= 4 is 67.8 Å². The molecule has 0 saturated carbocycles. The van der Waals surface area contributed by atoms with Crippen molar-refractivity contribution < 1.29 is 9.47 Å². The lowest BCUT2D eigenvalue weighted by atomic mass is 10.0. The molecule has 0 unspecified atom stereocenters. The summed E-state index contributed by atoms with van der Waals surface area (Å²) in [6.45, 7) is 1.24. The first-order valence-electron chi connectivity index (χ1n) is 5.21. The highest BCUT2D eigenvalue weighted by Gasteiger charge is 2.09. The Kier molecular flexibility index (Phi) is 8.72. The molecule has 0 aliphatic carbocycles. The number of hydrogen-bond acceptors (Lipinski definition) is 2. The van der Waals surface area contributed by atoms with Crippen LogP contribution < -0.4 is 4.74 Å². The van der Waals surface area contributed by atoms with Crippen LogP contribution in [0.15, 0.2) is 12.1 Å². The van der Waals surface area contributed by atoms with Gasteiger partial charge in [-0.15, -0.1) is 0 Å². The summed E-state index contributed by atoms with van der Waals surface area (Å²) in [6.07, 6.45) is 0. The molecule has 0 atom stereocenters. The maximum atomic E-state index is 5.70. The largest absolute Gasteiger partial charge is 0.491 e. The fraction of sp³-hybridized carbons (Fsp3) is 0.500. The van der Waals surface area contributed by atoms with Crippen molar-refractivity contribution in [3.63, 3.8) is 0 Å². The maximum absolute atomic E-state index is 5.70. The van der Waals surface area contributed by atoms with E-state index in [2.05, 4.69) is 79.9 Å². The molecule has 0 spiro atoms. The summed E-state index contributed by atoms with van der Waals surface area (Å²) in [7, 11) is 1.69. The Balaban J connectivity index is 2.92. The predicted molar refractivity (Wildman–Crippen MR) is 97.0 cm³/mol. The Morgan fingerprint density at radius 2 is 1.53 bits per heavy atom. The van der Waals surface area contributed by atoms with E-state index in [1.54, 1.807) is 7.11 Å². The van der Waals surface area contributed by atoms with Gasteiger partial charge < -0.3 is 9.47 Å². The average Bonchev–Trinajstić information content (AvgIpc) is 2.37. The molecule has 0 radical (unpaired) electrons. The minimum Gasteiger partial charge on any atom is -0.491 e. The van der Waals surface area contributed by atoms with E-state index in [0.29, 0.717) is 13.2 Å². The monoisotopic (exact) mass is 572 g/mol. The Morgan fingerprint density at radius 1 is 0.941 bits per heavy atom. The highest BCUT2D eigenvalue weighted by molar-refractivity contribution is 14.1. The van der Waals surface area contributed by atoms with Crippen LogP contribution in [0.2, 0.25) is 0 Å². The van der Waals surface area contributed by atoms with Crippen LogP contribution in [0.25, 0.3) is 0 Å². The van der Waals surface area contributed by atoms with E-state index in [0.717, 1.165) is 19.0 Å². The summed E-state index contributed by atoms with van der Waals surface area (Å²) in [4.78, 5) is 0. The minimum atomic E-state index is 0.613. The molecule has 1 aromatic rings. The zero-order chi connectivity index (χ0) is 12.7. The third-order valence-electron chi connectivity index (χ3n) is 2.39. The van der Waals surface area contributed by atoms with Gasteiger partial charge in [-0.1, -0.05) is 67.8 Å². The number of benzene rings is 1. The van der Waals surface area contributed by atoms with Crippen LogP contribution >= 0.6 is 67.8 Å². The lowest BCUT2D eigenvalue weighted by molar-refractivity contribution is 0.146. The van der Waals surface area contributed by atoms with Crippen molar-refractivity contribution in [2.75, 3.05) is 20.3 Å². The molecule has 0 saturated heterocycles. The number of hydrogen-bond donors (Lipinski definition) is 0. The molecule has 2 nitrogen and oxygen atoms in total. The van der Waals surface area contributed by atoms with Crippen molar-refractivity contribution in [3.05, 3.63) is 28.8 Å². The summed E-state index contributed by atoms with van der Waals surface area (Å²) >= 11 is 7.25. The highest BCUT2D eigenvalue weighted by Crippen LogP contribution is 2.28. The van der Waals surface area contributed by atoms with E-state index < -0.39 is 0 Å². The van der Waals surface area contributed by atoms with Crippen LogP contribution in [0.3, 0.4) is 0 Å². The number of rotatable bonds is 7. The molecule has 0 aliphatic rings. The normalized spacial score (nSPS) is 10.6. The highest BCUT2D eigenvalue weighted by atomic mass is 127. The number of ether oxygens (including phenoxy) is 2. The first-order chi connectivity index (χ1) is 8.26. The third kappa shape index (κ3) is 4.98. The molecule has 0 aromatic heterocycles. The molecule has 0 aliphatic heterocycles. The quantitative estimate of drug-likeness (QED) is 0.272. The minimum absolute atomic E-state index is 0.613. The Bertz CT molecular complexity index is 331. The molecule has 96 valence electrons. The zero-order valence-corrected chi connectivity index (χ0v) is 16.1. The summed E-state index contributed by atoms with van der Waals surface area (Å²) < 4.78 is 13.8. The molecule has 0 bridgehead atoms. The first-order valence-corrected chi connectivity index (χ1v) is 9.78. The number of methoxy groups -OCH3 is 1. The van der Waals surface area contributed by atoms with Gasteiger partial charge in [-0.05, 0) is 28.8 Å². The molecular weight excluding hydrogens is 557 g/mol. The Hall–Kier alpha value is 1.17. The smallest absolute Gasteiger partial charge is 0.120 e. The second-order valence-corrected chi connectivity index (χ2v) is 5.75. The summed E-state index contributed by atoms with van der Waals surface area (Å²) in [5, 5.41) is 0. The topological polar surface area (TPSA) is 18.5 Å². The second kappa shape index (κ2) is 9.13. The van der Waals surface area contributed by atoms with Gasteiger partial charge in [0.15, 0.2) is 0 Å². The second-order valence-electron chi connectivity index (χ2n) is 3.46. The molecule has 0 fully saturated rings. The van der Waals surface area contributed by atoms with Crippen LogP contribution in [0.4, 0.5) is 0 Å². The lowest BCUT2D eigenvalue weighted by Crippen LogP contribution is -2.05. The van der Waals surface area contributed by atoms with E-state index in [9.17, 15) is 0 Å². The van der Waals surface area contributed by atoms with Crippen LogP contribution in [-0.2, 0) is 18.0 Å². The fourth-order valence-electron chi connectivity index (χ4n) is 1.50. The van der Waals surface area contributed by atoms with Gasteiger partial charge in [0.1, 0.15) is 12.4 Å². The van der Waals surface area contributed by atoms with E-state index in [-0.39, 0.29) is 0 Å². The average molecular weight is 572 g/mol. The van der Waals surface area contributed by atoms with Gasteiger partial charge in [-0.25, -0.2) is 0 Å². The molecule has 0 heterocycles. The van der Waals surface area contributed by atoms with E-state index >= 15 is 0 Å². The molecule has 0 N–H and O–H groups in total. The molecule has 1 rings (SSSR count). The Morgan fingerprint density at radius 3 is 1.94 bits per heavy atom. The van der Waals surface area contributed by atoms with Crippen molar-refractivity contribution in [2.24, 2.45) is 0 Å². The van der Waals surface area contributed by atoms with Gasteiger partial charge in [0.2, 0.25) is 0 Å². The third-order valence-corrected chi connectivity index (χ3v) is 4.79. The van der Waals surface area contributed by atoms with Crippen molar-refractivity contribution in [1.29, 1.82) is 0 Å². The Labute approximate surface area is 144 Å². The van der Waals surface area contributed by atoms with Gasteiger partial charge in [-0.2, -0.15) is 0 Å². The lowest BCUT2D eigenvalue weighted by Gasteiger charge is -2.14. The maximum Gasteiger partial charge on any atom is 0.120 e. The zero-order valence-electron chi connectivity index (χ0n) is 9.64. The first kappa shape index (κ1) is 16.2. The van der Waals surface area contributed by atoms with Crippen LogP contribution in [0.5, 0.6) is 5.75 Å². The fourth-order valence-corrected chi connectivity index (χ4v) is 3.84. The van der Waals surface area contributed by atoms with E-state index in [4.69, 9.17) is 9.47 Å². The van der Waals surface area contributed by atoms with Gasteiger partial charge in [0.25, 0.3) is 0 Å². The van der Waals surface area contributed by atoms with Gasteiger partial charge in [-0.3, -0.25) is 0 Å². The SMILES string of the molecule is COCCOc1cc(CI)c(CI)c(CI)c1. The summed E-state index contributed by atoms with van der Waals surface area (Å²) in [5.41, 5.74) is 4.25. The predicted octanol–water partition coefficient (Wildman–Crippen LogP) is 4.52.